The molecule has 2 aromatic carbocycles. The summed E-state index contributed by atoms with van der Waals surface area (Å²) in [5, 5.41) is 10.3. The number of piperazine rings is 1. The first-order chi connectivity index (χ1) is 13.5. The largest absolute Gasteiger partial charge is 0.497 e. The van der Waals surface area contributed by atoms with E-state index in [1.54, 1.807) is 49.5 Å². The zero-order valence-corrected chi connectivity index (χ0v) is 16.6. The van der Waals surface area contributed by atoms with Crippen molar-refractivity contribution in [3.05, 3.63) is 58.6 Å². The average Bonchev–Trinajstić information content (AvgIpc) is 2.75. The Morgan fingerprint density at radius 1 is 1.04 bits per heavy atom. The van der Waals surface area contributed by atoms with Gasteiger partial charge in [0.2, 0.25) is 0 Å². The number of carbonyl (C=O) groups excluding carboxylic acids is 1. The fourth-order valence-electron chi connectivity index (χ4n) is 3.31. The van der Waals surface area contributed by atoms with Crippen LogP contribution in [0.15, 0.2) is 42.5 Å². The lowest BCUT2D eigenvalue weighted by molar-refractivity contribution is 0.0605. The maximum absolute atomic E-state index is 12.9. The number of amides is 1. The molecule has 1 aliphatic rings. The number of benzene rings is 2. The second kappa shape index (κ2) is 8.96. The molecule has 0 radical (unpaired) electrons. The van der Waals surface area contributed by atoms with Crippen molar-refractivity contribution in [1.29, 1.82) is 5.26 Å². The number of rotatable bonds is 5. The van der Waals surface area contributed by atoms with Crippen LogP contribution in [0.5, 0.6) is 11.5 Å². The Bertz CT molecular complexity index is 849. The molecular weight excluding hydrogens is 378 g/mol. The fourth-order valence-corrected chi connectivity index (χ4v) is 3.43. The summed E-state index contributed by atoms with van der Waals surface area (Å²) in [5.41, 5.74) is 1.43. The van der Waals surface area contributed by atoms with E-state index in [2.05, 4.69) is 11.0 Å². The Morgan fingerprint density at radius 2 is 1.61 bits per heavy atom. The Kier molecular flexibility index (Phi) is 6.40. The van der Waals surface area contributed by atoms with E-state index in [0.29, 0.717) is 48.3 Å². The van der Waals surface area contributed by atoms with Gasteiger partial charge in [-0.05, 0) is 29.8 Å². The highest BCUT2D eigenvalue weighted by Gasteiger charge is 2.28. The van der Waals surface area contributed by atoms with Gasteiger partial charge in [-0.3, -0.25) is 9.69 Å². The Balaban J connectivity index is 1.68. The van der Waals surface area contributed by atoms with E-state index in [4.69, 9.17) is 21.1 Å². The smallest absolute Gasteiger partial charge is 0.254 e. The van der Waals surface area contributed by atoms with E-state index < -0.39 is 0 Å². The molecule has 1 amide bonds. The lowest BCUT2D eigenvalue weighted by Crippen LogP contribution is -2.49. The molecule has 3 rings (SSSR count). The quantitative estimate of drug-likeness (QED) is 0.771. The summed E-state index contributed by atoms with van der Waals surface area (Å²) in [6.45, 7) is 2.33. The molecule has 28 heavy (non-hydrogen) atoms. The highest BCUT2D eigenvalue weighted by molar-refractivity contribution is 6.30. The van der Waals surface area contributed by atoms with Crippen LogP contribution in [-0.4, -0.2) is 56.1 Å². The van der Waals surface area contributed by atoms with Crippen LogP contribution in [-0.2, 0) is 0 Å². The van der Waals surface area contributed by atoms with Crippen LogP contribution in [0, 0.1) is 11.3 Å². The number of methoxy groups -OCH3 is 2. The zero-order valence-electron chi connectivity index (χ0n) is 15.9. The zero-order chi connectivity index (χ0) is 20.1. The normalized spacial score (nSPS) is 15.6. The maximum Gasteiger partial charge on any atom is 0.254 e. The second-order valence-corrected chi connectivity index (χ2v) is 6.95. The predicted molar refractivity (Wildman–Crippen MR) is 107 cm³/mol. The first-order valence-electron chi connectivity index (χ1n) is 8.97. The van der Waals surface area contributed by atoms with Gasteiger partial charge in [0.15, 0.2) is 0 Å². The lowest BCUT2D eigenvalue weighted by atomic mass is 10.1. The molecule has 1 saturated heterocycles. The van der Waals surface area contributed by atoms with E-state index in [0.717, 1.165) is 5.56 Å². The van der Waals surface area contributed by atoms with Gasteiger partial charge in [0.1, 0.15) is 17.5 Å². The molecule has 0 aliphatic carbocycles. The SMILES string of the molecule is COc1cc(OC)cc(C(=O)N2CCN(C(C#N)c3ccc(Cl)cc3)CC2)c1. The number of nitriles is 1. The summed E-state index contributed by atoms with van der Waals surface area (Å²) in [5.74, 6) is 1.08. The first-order valence-corrected chi connectivity index (χ1v) is 9.35. The minimum atomic E-state index is -0.355. The summed E-state index contributed by atoms with van der Waals surface area (Å²) < 4.78 is 10.5. The van der Waals surface area contributed by atoms with Crippen molar-refractivity contribution in [3.63, 3.8) is 0 Å². The molecule has 0 spiro atoms. The molecule has 0 bridgehead atoms. The van der Waals surface area contributed by atoms with Gasteiger partial charge in [0.25, 0.3) is 5.91 Å². The van der Waals surface area contributed by atoms with E-state index in [1.165, 1.54) is 0 Å². The molecule has 2 aromatic rings. The van der Waals surface area contributed by atoms with Crippen LogP contribution < -0.4 is 9.47 Å². The van der Waals surface area contributed by atoms with Crippen molar-refractivity contribution < 1.29 is 14.3 Å². The third kappa shape index (κ3) is 4.38. The average molecular weight is 400 g/mol. The molecule has 7 heteroatoms. The number of nitrogens with zero attached hydrogens (tertiary/aromatic N) is 3. The van der Waals surface area contributed by atoms with Crippen LogP contribution >= 0.6 is 11.6 Å². The van der Waals surface area contributed by atoms with Gasteiger partial charge >= 0.3 is 0 Å². The number of ether oxygens (including phenoxy) is 2. The third-order valence-electron chi connectivity index (χ3n) is 4.87. The molecule has 0 aromatic heterocycles. The standard InChI is InChI=1S/C21H22ClN3O3/c1-27-18-11-16(12-19(13-18)28-2)21(26)25-9-7-24(8-10-25)20(14-23)15-3-5-17(22)6-4-15/h3-6,11-13,20H,7-10H2,1-2H3. The van der Waals surface area contributed by atoms with Gasteiger partial charge in [-0.15, -0.1) is 0 Å². The Hall–Kier alpha value is -2.75. The number of carbonyl (C=O) groups is 1. The van der Waals surface area contributed by atoms with Crippen molar-refractivity contribution >= 4 is 17.5 Å². The summed E-state index contributed by atoms with van der Waals surface area (Å²) in [4.78, 5) is 16.8. The monoisotopic (exact) mass is 399 g/mol. The number of halogens is 1. The lowest BCUT2D eigenvalue weighted by Gasteiger charge is -2.37. The Morgan fingerprint density at radius 3 is 2.11 bits per heavy atom. The highest BCUT2D eigenvalue weighted by Crippen LogP contribution is 2.26. The van der Waals surface area contributed by atoms with Crippen molar-refractivity contribution in [2.24, 2.45) is 0 Å². The van der Waals surface area contributed by atoms with Gasteiger partial charge in [-0.1, -0.05) is 23.7 Å². The van der Waals surface area contributed by atoms with Gasteiger partial charge in [-0.25, -0.2) is 0 Å². The summed E-state index contributed by atoms with van der Waals surface area (Å²) in [7, 11) is 3.11. The molecule has 1 atom stereocenters. The second-order valence-electron chi connectivity index (χ2n) is 6.51. The molecule has 1 aliphatic heterocycles. The minimum absolute atomic E-state index is 0.0724. The van der Waals surface area contributed by atoms with E-state index in [-0.39, 0.29) is 11.9 Å². The molecule has 6 nitrogen and oxygen atoms in total. The summed E-state index contributed by atoms with van der Waals surface area (Å²) in [6, 6.07) is 14.5. The van der Waals surface area contributed by atoms with Crippen molar-refractivity contribution in [3.8, 4) is 17.6 Å². The Labute approximate surface area is 169 Å². The van der Waals surface area contributed by atoms with Gasteiger partial charge in [0.05, 0.1) is 20.3 Å². The van der Waals surface area contributed by atoms with Crippen LogP contribution in [0.1, 0.15) is 22.0 Å². The van der Waals surface area contributed by atoms with E-state index >= 15 is 0 Å². The maximum atomic E-state index is 12.9. The molecular formula is C21H22ClN3O3. The molecule has 0 N–H and O–H groups in total. The first kappa shape index (κ1) is 20.0. The summed E-state index contributed by atoms with van der Waals surface area (Å²) in [6.07, 6.45) is 0. The molecule has 0 saturated carbocycles. The van der Waals surface area contributed by atoms with Crippen LogP contribution in [0.3, 0.4) is 0 Å². The number of hydrogen-bond acceptors (Lipinski definition) is 5. The highest BCUT2D eigenvalue weighted by atomic mass is 35.5. The van der Waals surface area contributed by atoms with Gasteiger partial charge < -0.3 is 14.4 Å². The van der Waals surface area contributed by atoms with Gasteiger partial charge in [0, 0.05) is 42.8 Å². The van der Waals surface area contributed by atoms with E-state index in [1.807, 2.05) is 12.1 Å². The molecule has 146 valence electrons. The van der Waals surface area contributed by atoms with Crippen LogP contribution in [0.2, 0.25) is 5.02 Å². The van der Waals surface area contributed by atoms with Crippen molar-refractivity contribution in [2.75, 3.05) is 40.4 Å². The topological polar surface area (TPSA) is 65.8 Å². The fraction of sp³-hybridized carbons (Fsp3) is 0.333. The van der Waals surface area contributed by atoms with Crippen molar-refractivity contribution in [2.45, 2.75) is 6.04 Å². The third-order valence-corrected chi connectivity index (χ3v) is 5.13. The van der Waals surface area contributed by atoms with Crippen LogP contribution in [0.4, 0.5) is 0 Å². The predicted octanol–water partition coefficient (Wildman–Crippen LogP) is 3.38. The minimum Gasteiger partial charge on any atom is -0.497 e. The van der Waals surface area contributed by atoms with E-state index in [9.17, 15) is 10.1 Å². The summed E-state index contributed by atoms with van der Waals surface area (Å²) >= 11 is 5.94. The van der Waals surface area contributed by atoms with Crippen LogP contribution in [0.25, 0.3) is 0 Å². The molecule has 1 unspecified atom stereocenters. The van der Waals surface area contributed by atoms with Crippen molar-refractivity contribution in [1.82, 2.24) is 9.80 Å². The molecule has 1 fully saturated rings. The number of hydrogen-bond donors (Lipinski definition) is 0. The van der Waals surface area contributed by atoms with Gasteiger partial charge in [-0.2, -0.15) is 5.26 Å². The molecule has 1 heterocycles.